The summed E-state index contributed by atoms with van der Waals surface area (Å²) in [5, 5.41) is 97.8. The van der Waals surface area contributed by atoms with Crippen LogP contribution in [-0.2, 0) is 45.5 Å². The molecule has 11 N–H and O–H groups in total. The number of anilines is 3. The summed E-state index contributed by atoms with van der Waals surface area (Å²) in [6, 6.07) is 18.4. The number of methoxy groups -OCH3 is 1. The molecule has 22 heteroatoms. The van der Waals surface area contributed by atoms with Crippen LogP contribution in [0.1, 0.15) is 37.3 Å². The predicted molar refractivity (Wildman–Crippen MR) is 245 cm³/mol. The standard InChI is InChI=1S/C47H60N4O17Si/c1-22-41(69(3,4)28-14-12-27(65-2)13-15-28)31(19-32(53)50-17-5-6-26(50)21-52)68-47(22)29-18-25(49-43(61)40-36(57)34(55)38(59)45(63)67-40)11-16-30(29)51(46(47)64)20-23-7-9-24(10-8-23)48-42(60)39-35(56)33(54)37(58)44(62)66-39/h7-16,18,22,26,31,33-41,44-45,52,54-59,62-63H,5-6,17,19-21H2,1-4H3,(H,48,60)(H,49,61)/t22-,26-,31+,33-,34-,35-,36-,37+,38+,39-,40-,41-,44+,45+,47+/m0/s1. The molecule has 5 aliphatic rings. The molecule has 5 heterocycles. The number of aliphatic hydroxyl groups is 9. The number of hydrogen-bond acceptors (Lipinski definition) is 17. The first-order valence-electron chi connectivity index (χ1n) is 22.9. The van der Waals surface area contributed by atoms with Crippen molar-refractivity contribution in [2.24, 2.45) is 5.92 Å². The summed E-state index contributed by atoms with van der Waals surface area (Å²) >= 11 is 0. The molecule has 0 aromatic heterocycles. The first-order valence-corrected chi connectivity index (χ1v) is 26.0. The van der Waals surface area contributed by atoms with Crippen molar-refractivity contribution in [2.75, 3.05) is 35.8 Å². The number of nitrogens with one attached hydrogen (secondary N) is 2. The summed E-state index contributed by atoms with van der Waals surface area (Å²) in [4.78, 5) is 59.8. The second kappa shape index (κ2) is 19.7. The Bertz CT molecular complexity index is 2400. The molecule has 0 aliphatic carbocycles. The Morgan fingerprint density at radius 1 is 0.783 bits per heavy atom. The Hall–Kier alpha value is -4.92. The average molecular weight is 981 g/mol. The molecule has 4 amide bonds. The molecule has 69 heavy (non-hydrogen) atoms. The topological polar surface area (TPSA) is 318 Å². The molecule has 8 rings (SSSR count). The van der Waals surface area contributed by atoms with Crippen molar-refractivity contribution < 1.29 is 84.1 Å². The number of nitrogens with zero attached hydrogens (tertiary/aromatic N) is 2. The van der Waals surface area contributed by atoms with E-state index in [0.717, 1.165) is 11.6 Å². The van der Waals surface area contributed by atoms with Gasteiger partial charge in [0.15, 0.2) is 30.4 Å². The Morgan fingerprint density at radius 2 is 1.35 bits per heavy atom. The van der Waals surface area contributed by atoms with E-state index >= 15 is 4.79 Å². The van der Waals surface area contributed by atoms with Gasteiger partial charge in [-0.1, -0.05) is 49.5 Å². The van der Waals surface area contributed by atoms with Gasteiger partial charge in [-0.3, -0.25) is 19.2 Å². The van der Waals surface area contributed by atoms with Crippen LogP contribution in [0.15, 0.2) is 66.7 Å². The minimum Gasteiger partial charge on any atom is -0.497 e. The normalized spacial score (nSPS) is 34.5. The molecular weight excluding hydrogens is 921 g/mol. The van der Waals surface area contributed by atoms with Gasteiger partial charge in [-0.15, -0.1) is 0 Å². The fourth-order valence-electron chi connectivity index (χ4n) is 10.9. The van der Waals surface area contributed by atoms with Gasteiger partial charge < -0.3 is 85.3 Å². The third kappa shape index (κ3) is 9.07. The highest BCUT2D eigenvalue weighted by Crippen LogP contribution is 2.60. The summed E-state index contributed by atoms with van der Waals surface area (Å²) in [5.74, 6) is -2.53. The minimum atomic E-state index is -2.77. The highest BCUT2D eigenvalue weighted by molar-refractivity contribution is 6.91. The molecule has 3 aromatic rings. The predicted octanol–water partition coefficient (Wildman–Crippen LogP) is -1.69. The summed E-state index contributed by atoms with van der Waals surface area (Å²) < 4.78 is 22.9. The number of carbonyl (C=O) groups is 4. The van der Waals surface area contributed by atoms with Crippen molar-refractivity contribution in [3.8, 4) is 5.75 Å². The number of ether oxygens (including phenoxy) is 4. The van der Waals surface area contributed by atoms with Gasteiger partial charge in [-0.05, 0) is 66.4 Å². The van der Waals surface area contributed by atoms with Crippen molar-refractivity contribution in [3.05, 3.63) is 77.9 Å². The molecule has 0 saturated carbocycles. The van der Waals surface area contributed by atoms with E-state index in [9.17, 15) is 60.3 Å². The van der Waals surface area contributed by atoms with E-state index in [0.29, 0.717) is 35.5 Å². The number of aliphatic hydroxyl groups excluding tert-OH is 9. The van der Waals surface area contributed by atoms with Crippen LogP contribution in [0.25, 0.3) is 0 Å². The molecule has 3 aromatic carbocycles. The maximum absolute atomic E-state index is 15.6. The van der Waals surface area contributed by atoms with Crippen LogP contribution in [0.4, 0.5) is 17.1 Å². The zero-order valence-electron chi connectivity index (χ0n) is 38.4. The van der Waals surface area contributed by atoms with Crippen molar-refractivity contribution in [1.82, 2.24) is 4.90 Å². The molecule has 0 unspecified atom stereocenters. The van der Waals surface area contributed by atoms with Gasteiger partial charge in [0, 0.05) is 29.4 Å². The van der Waals surface area contributed by atoms with Crippen molar-refractivity contribution >= 4 is 54.0 Å². The second-order valence-electron chi connectivity index (χ2n) is 19.1. The molecule has 5 aliphatic heterocycles. The molecule has 0 radical (unpaired) electrons. The largest absolute Gasteiger partial charge is 0.497 e. The maximum atomic E-state index is 15.6. The van der Waals surface area contributed by atoms with Crippen LogP contribution in [-0.4, -0.2) is 176 Å². The van der Waals surface area contributed by atoms with Crippen molar-refractivity contribution in [1.29, 1.82) is 0 Å². The van der Waals surface area contributed by atoms with Gasteiger partial charge >= 0.3 is 0 Å². The number of likely N-dealkylation sites (tertiary alicyclic amines) is 1. The molecule has 15 atom stereocenters. The number of benzene rings is 3. The number of hydrogen-bond donors (Lipinski definition) is 11. The summed E-state index contributed by atoms with van der Waals surface area (Å²) in [6.07, 6.45) is -18.2. The van der Waals surface area contributed by atoms with Crippen molar-refractivity contribution in [3.63, 3.8) is 0 Å². The van der Waals surface area contributed by atoms with E-state index in [1.807, 2.05) is 31.2 Å². The first-order chi connectivity index (χ1) is 32.7. The lowest BCUT2D eigenvalue weighted by atomic mass is 9.82. The van der Waals surface area contributed by atoms with E-state index in [-0.39, 0.29) is 48.4 Å². The Balaban J connectivity index is 1.15. The average Bonchev–Trinajstić information content (AvgIpc) is 4.00. The maximum Gasteiger partial charge on any atom is 0.264 e. The lowest BCUT2D eigenvalue weighted by Crippen LogP contribution is -2.60. The molecule has 4 saturated heterocycles. The fourth-order valence-corrected chi connectivity index (χ4v) is 14.9. The van der Waals surface area contributed by atoms with Crippen LogP contribution in [0.2, 0.25) is 18.6 Å². The molecule has 0 bridgehead atoms. The third-order valence-corrected chi connectivity index (χ3v) is 19.0. The minimum absolute atomic E-state index is 0.0376. The molecule has 21 nitrogen and oxygen atoms in total. The smallest absolute Gasteiger partial charge is 0.264 e. The number of fused-ring (bicyclic) bond motifs is 2. The zero-order valence-corrected chi connectivity index (χ0v) is 39.4. The van der Waals surface area contributed by atoms with E-state index in [2.05, 4.69) is 23.7 Å². The first kappa shape index (κ1) is 50.5. The third-order valence-electron chi connectivity index (χ3n) is 14.6. The van der Waals surface area contributed by atoms with Gasteiger partial charge in [0.2, 0.25) is 5.91 Å². The summed E-state index contributed by atoms with van der Waals surface area (Å²) in [5.41, 5.74) is -0.436. The Labute approximate surface area is 397 Å². The van der Waals surface area contributed by atoms with Crippen LogP contribution < -0.4 is 25.5 Å². The number of rotatable bonds is 12. The lowest BCUT2D eigenvalue weighted by molar-refractivity contribution is -0.274. The molecular formula is C47H60N4O17Si. The SMILES string of the molecule is COc1ccc([Si](C)(C)[C@@H]2[C@@H](CC(=O)N3CCC[C@H]3CO)O[C@]3(C(=O)N(Cc4ccc(NC(=O)[C@H]5O[C@@H](O)[C@H](O)[C@@H](O)[C@@H]5O)cc4)c4ccc(NC(=O)[C@H]5O[C@@H](O)[C@H](O)[C@@H](O)[C@@H]5O)cc43)[C@H]2C)cc1. The van der Waals surface area contributed by atoms with Crippen LogP contribution in [0.3, 0.4) is 0 Å². The molecule has 374 valence electrons. The van der Waals surface area contributed by atoms with Gasteiger partial charge in [-0.25, -0.2) is 0 Å². The van der Waals surface area contributed by atoms with E-state index in [1.165, 1.54) is 23.1 Å². The van der Waals surface area contributed by atoms with Crippen LogP contribution in [0.5, 0.6) is 5.75 Å². The number of carbonyl (C=O) groups excluding carboxylic acids is 4. The van der Waals surface area contributed by atoms with Gasteiger partial charge in [0.25, 0.3) is 17.7 Å². The monoisotopic (exact) mass is 980 g/mol. The summed E-state index contributed by atoms with van der Waals surface area (Å²) in [6.45, 7) is 6.45. The summed E-state index contributed by atoms with van der Waals surface area (Å²) in [7, 11) is -1.20. The van der Waals surface area contributed by atoms with Crippen LogP contribution in [0, 0.1) is 5.92 Å². The fraction of sp³-hybridized carbons (Fsp3) is 0.532. The van der Waals surface area contributed by atoms with E-state index in [1.54, 1.807) is 36.3 Å². The quantitative estimate of drug-likeness (QED) is 0.0903. The Morgan fingerprint density at radius 3 is 1.91 bits per heavy atom. The highest BCUT2D eigenvalue weighted by Gasteiger charge is 2.67. The van der Waals surface area contributed by atoms with E-state index < -0.39 is 105 Å². The van der Waals surface area contributed by atoms with E-state index in [4.69, 9.17) is 18.9 Å². The van der Waals surface area contributed by atoms with Gasteiger partial charge in [-0.2, -0.15) is 0 Å². The second-order valence-corrected chi connectivity index (χ2v) is 23.8. The number of amides is 4. The molecule has 4 fully saturated rings. The van der Waals surface area contributed by atoms with Gasteiger partial charge in [0.05, 0.1) is 52.6 Å². The lowest BCUT2D eigenvalue weighted by Gasteiger charge is -2.37. The highest BCUT2D eigenvalue weighted by atomic mass is 28.3. The zero-order chi connectivity index (χ0) is 49.9. The molecule has 1 spiro atoms. The Kier molecular flexibility index (Phi) is 14.4. The van der Waals surface area contributed by atoms with Crippen molar-refractivity contribution in [2.45, 2.75) is 131 Å². The van der Waals surface area contributed by atoms with Gasteiger partial charge in [0.1, 0.15) is 42.4 Å². The van der Waals surface area contributed by atoms with Crippen LogP contribution >= 0.6 is 0 Å².